The van der Waals surface area contributed by atoms with Crippen molar-refractivity contribution in [2.75, 3.05) is 0 Å². The van der Waals surface area contributed by atoms with Crippen LogP contribution in [0.25, 0.3) is 5.69 Å². The first kappa shape index (κ1) is 13.3. The van der Waals surface area contributed by atoms with Crippen molar-refractivity contribution in [3.05, 3.63) is 42.2 Å². The van der Waals surface area contributed by atoms with E-state index in [4.69, 9.17) is 0 Å². The highest BCUT2D eigenvalue weighted by molar-refractivity contribution is 5.92. The zero-order chi connectivity index (χ0) is 14.7. The van der Waals surface area contributed by atoms with Crippen LogP contribution in [-0.2, 0) is 0 Å². The highest BCUT2D eigenvalue weighted by atomic mass is 16.2. The molecule has 21 heavy (non-hydrogen) atoms. The number of nitrogens with one attached hydrogen (secondary N) is 1. The molecule has 2 aromatic rings. The molecule has 1 aromatic carbocycles. The molecule has 0 atom stereocenters. The van der Waals surface area contributed by atoms with Gasteiger partial charge in [-0.25, -0.2) is 0 Å². The topological polar surface area (TPSA) is 83.6 Å². The predicted octanol–water partition coefficient (Wildman–Crippen LogP) is 1.83. The number of aromatic nitrogens is 3. The van der Waals surface area contributed by atoms with E-state index in [9.17, 15) is 10.1 Å². The average molecular weight is 281 g/mol. The molecule has 0 spiro atoms. The van der Waals surface area contributed by atoms with Crippen LogP contribution in [0.15, 0.2) is 36.5 Å². The molecule has 3 rings (SSSR count). The van der Waals surface area contributed by atoms with Crippen molar-refractivity contribution in [3.63, 3.8) is 0 Å². The summed E-state index contributed by atoms with van der Waals surface area (Å²) in [5, 5.41) is 20.4. The van der Waals surface area contributed by atoms with Crippen molar-refractivity contribution < 1.29 is 4.79 Å². The second kappa shape index (κ2) is 5.37. The highest BCUT2D eigenvalue weighted by Crippen LogP contribution is 2.29. The third kappa shape index (κ3) is 2.63. The van der Waals surface area contributed by atoms with Crippen LogP contribution in [0.2, 0.25) is 0 Å². The van der Waals surface area contributed by atoms with Gasteiger partial charge in [0.05, 0.1) is 18.0 Å². The summed E-state index contributed by atoms with van der Waals surface area (Å²) in [7, 11) is 0. The minimum atomic E-state index is -0.742. The summed E-state index contributed by atoms with van der Waals surface area (Å²) in [5.74, 6) is -0.347. The maximum atomic E-state index is 12.2. The van der Waals surface area contributed by atoms with Crippen LogP contribution < -0.4 is 5.32 Å². The van der Waals surface area contributed by atoms with Crippen molar-refractivity contribution in [2.24, 2.45) is 0 Å². The molecule has 1 fully saturated rings. The van der Waals surface area contributed by atoms with Gasteiger partial charge in [-0.2, -0.15) is 15.2 Å². The van der Waals surface area contributed by atoms with Gasteiger partial charge in [0.25, 0.3) is 5.91 Å². The summed E-state index contributed by atoms with van der Waals surface area (Å²) < 4.78 is 0. The Kier molecular flexibility index (Phi) is 3.40. The van der Waals surface area contributed by atoms with Crippen LogP contribution in [-0.4, -0.2) is 26.4 Å². The molecule has 1 saturated carbocycles. The fraction of sp³-hybridized carbons (Fsp3) is 0.333. The van der Waals surface area contributed by atoms with Gasteiger partial charge in [0, 0.05) is 0 Å². The Labute approximate surface area is 122 Å². The zero-order valence-corrected chi connectivity index (χ0v) is 11.5. The van der Waals surface area contributed by atoms with Crippen molar-refractivity contribution in [1.29, 1.82) is 5.26 Å². The molecule has 0 unspecified atom stereocenters. The summed E-state index contributed by atoms with van der Waals surface area (Å²) >= 11 is 0. The second-order valence-electron chi connectivity index (χ2n) is 5.21. The van der Waals surface area contributed by atoms with Gasteiger partial charge >= 0.3 is 0 Å². The third-order valence-corrected chi connectivity index (χ3v) is 3.74. The van der Waals surface area contributed by atoms with Crippen LogP contribution in [0.5, 0.6) is 0 Å². The van der Waals surface area contributed by atoms with Crippen molar-refractivity contribution in [1.82, 2.24) is 20.3 Å². The normalized spacial score (nSPS) is 16.3. The minimum absolute atomic E-state index is 0.223. The predicted molar refractivity (Wildman–Crippen MR) is 75.6 cm³/mol. The molecule has 0 saturated heterocycles. The number of nitrogens with zero attached hydrogens (tertiary/aromatic N) is 4. The van der Waals surface area contributed by atoms with Gasteiger partial charge in [-0.15, -0.1) is 5.10 Å². The van der Waals surface area contributed by atoms with E-state index >= 15 is 0 Å². The number of nitriles is 1. The van der Waals surface area contributed by atoms with Gasteiger partial charge in [-0.3, -0.25) is 4.79 Å². The number of benzene rings is 1. The standard InChI is InChI=1S/C15H15N5O/c16-11-15(8-4-5-9-15)18-14(21)13-10-17-20(19-13)12-6-2-1-3-7-12/h1-3,6-7,10H,4-5,8-9H2,(H,18,21). The summed E-state index contributed by atoms with van der Waals surface area (Å²) in [6.45, 7) is 0. The molecule has 1 amide bonds. The van der Waals surface area contributed by atoms with Crippen LogP contribution in [0.1, 0.15) is 36.2 Å². The first-order chi connectivity index (χ1) is 10.2. The number of carbonyl (C=O) groups excluding carboxylic acids is 1. The molecule has 6 nitrogen and oxygen atoms in total. The number of amides is 1. The Morgan fingerprint density at radius 3 is 2.67 bits per heavy atom. The molecule has 1 aromatic heterocycles. The molecule has 0 bridgehead atoms. The maximum Gasteiger partial charge on any atom is 0.274 e. The zero-order valence-electron chi connectivity index (χ0n) is 11.5. The van der Waals surface area contributed by atoms with Gasteiger partial charge in [0.1, 0.15) is 5.54 Å². The summed E-state index contributed by atoms with van der Waals surface area (Å²) in [5.41, 5.74) is 0.265. The minimum Gasteiger partial charge on any atom is -0.332 e. The lowest BCUT2D eigenvalue weighted by atomic mass is 10.00. The van der Waals surface area contributed by atoms with E-state index in [1.165, 1.54) is 11.0 Å². The number of rotatable bonds is 3. The highest BCUT2D eigenvalue weighted by Gasteiger charge is 2.36. The van der Waals surface area contributed by atoms with E-state index in [1.807, 2.05) is 30.3 Å². The smallest absolute Gasteiger partial charge is 0.274 e. The Morgan fingerprint density at radius 2 is 2.00 bits per heavy atom. The lowest BCUT2D eigenvalue weighted by Crippen LogP contribution is -2.45. The van der Waals surface area contributed by atoms with E-state index < -0.39 is 5.54 Å². The third-order valence-electron chi connectivity index (χ3n) is 3.74. The molecular weight excluding hydrogens is 266 g/mol. The first-order valence-corrected chi connectivity index (χ1v) is 6.94. The summed E-state index contributed by atoms with van der Waals surface area (Å²) in [6.07, 6.45) is 4.74. The fourth-order valence-corrected chi connectivity index (χ4v) is 2.58. The van der Waals surface area contributed by atoms with E-state index in [2.05, 4.69) is 21.6 Å². The van der Waals surface area contributed by atoms with Crippen molar-refractivity contribution in [3.8, 4) is 11.8 Å². The van der Waals surface area contributed by atoms with Gasteiger partial charge in [-0.05, 0) is 37.8 Å². The van der Waals surface area contributed by atoms with Gasteiger partial charge < -0.3 is 5.32 Å². The molecule has 1 N–H and O–H groups in total. The lowest BCUT2D eigenvalue weighted by Gasteiger charge is -2.20. The Balaban J connectivity index is 1.77. The SMILES string of the molecule is N#CC1(NC(=O)c2cnn(-c3ccccc3)n2)CCCC1. The average Bonchev–Trinajstić information content (AvgIpc) is 3.18. The molecule has 0 radical (unpaired) electrons. The Morgan fingerprint density at radius 1 is 1.29 bits per heavy atom. The van der Waals surface area contributed by atoms with Crippen molar-refractivity contribution in [2.45, 2.75) is 31.2 Å². The Bertz CT molecular complexity index is 680. The number of para-hydroxylation sites is 1. The number of carbonyl (C=O) groups is 1. The number of hydrogen-bond acceptors (Lipinski definition) is 4. The molecular formula is C15H15N5O. The van der Waals surface area contributed by atoms with Crippen molar-refractivity contribution >= 4 is 5.91 Å². The van der Waals surface area contributed by atoms with Gasteiger partial charge in [0.15, 0.2) is 5.69 Å². The lowest BCUT2D eigenvalue weighted by molar-refractivity contribution is 0.0915. The molecule has 6 heteroatoms. The van der Waals surface area contributed by atoms with Crippen LogP contribution in [0.3, 0.4) is 0 Å². The van der Waals surface area contributed by atoms with E-state index in [1.54, 1.807) is 0 Å². The molecule has 1 aliphatic carbocycles. The van der Waals surface area contributed by atoms with E-state index in [0.29, 0.717) is 12.8 Å². The molecule has 1 heterocycles. The molecule has 0 aliphatic heterocycles. The van der Waals surface area contributed by atoms with Crippen LogP contribution >= 0.6 is 0 Å². The van der Waals surface area contributed by atoms with E-state index in [-0.39, 0.29) is 11.6 Å². The number of hydrogen-bond donors (Lipinski definition) is 1. The van der Waals surface area contributed by atoms with Gasteiger partial charge in [0.2, 0.25) is 0 Å². The second-order valence-corrected chi connectivity index (χ2v) is 5.21. The molecule has 1 aliphatic rings. The first-order valence-electron chi connectivity index (χ1n) is 6.94. The quantitative estimate of drug-likeness (QED) is 0.930. The largest absolute Gasteiger partial charge is 0.332 e. The van der Waals surface area contributed by atoms with Gasteiger partial charge in [-0.1, -0.05) is 18.2 Å². The fourth-order valence-electron chi connectivity index (χ4n) is 2.58. The Hall–Kier alpha value is -2.68. The summed E-state index contributed by atoms with van der Waals surface area (Å²) in [6, 6.07) is 11.6. The summed E-state index contributed by atoms with van der Waals surface area (Å²) in [4.78, 5) is 13.6. The maximum absolute atomic E-state index is 12.2. The van der Waals surface area contributed by atoms with E-state index in [0.717, 1.165) is 18.5 Å². The monoisotopic (exact) mass is 281 g/mol. The van der Waals surface area contributed by atoms with Crippen LogP contribution in [0, 0.1) is 11.3 Å². The van der Waals surface area contributed by atoms with Crippen LogP contribution in [0.4, 0.5) is 0 Å². The molecule has 106 valence electrons.